The summed E-state index contributed by atoms with van der Waals surface area (Å²) < 4.78 is 11.6. The van der Waals surface area contributed by atoms with Gasteiger partial charge in [-0.05, 0) is 35.7 Å². The van der Waals surface area contributed by atoms with Crippen LogP contribution in [-0.4, -0.2) is 29.9 Å². The van der Waals surface area contributed by atoms with E-state index in [0.29, 0.717) is 50.9 Å². The van der Waals surface area contributed by atoms with Gasteiger partial charge in [0, 0.05) is 37.9 Å². The van der Waals surface area contributed by atoms with Gasteiger partial charge in [0.05, 0.1) is 5.56 Å². The Balaban J connectivity index is 1.11. The van der Waals surface area contributed by atoms with Gasteiger partial charge in [-0.1, -0.05) is 60.7 Å². The van der Waals surface area contributed by atoms with Crippen molar-refractivity contribution < 1.29 is 19.1 Å². The summed E-state index contributed by atoms with van der Waals surface area (Å²) in [5.74, 6) is 0.718. The zero-order chi connectivity index (χ0) is 22.7. The van der Waals surface area contributed by atoms with Crippen molar-refractivity contribution in [2.24, 2.45) is 0 Å². The Hall–Kier alpha value is -3.60. The van der Waals surface area contributed by atoms with Gasteiger partial charge in [-0.25, -0.2) is 4.79 Å². The first kappa shape index (κ1) is 21.3. The average molecular weight is 442 g/mol. The second kappa shape index (κ2) is 9.10. The summed E-state index contributed by atoms with van der Waals surface area (Å²) in [6, 6.07) is 25.6. The summed E-state index contributed by atoms with van der Waals surface area (Å²) in [5.41, 5.74) is 3.30. The summed E-state index contributed by atoms with van der Waals surface area (Å²) >= 11 is 0. The summed E-state index contributed by atoms with van der Waals surface area (Å²) in [4.78, 5) is 26.9. The van der Waals surface area contributed by atoms with Crippen molar-refractivity contribution in [2.45, 2.75) is 37.9 Å². The number of aryl methyl sites for hydroxylation is 1. The van der Waals surface area contributed by atoms with Gasteiger partial charge in [0.15, 0.2) is 0 Å². The highest BCUT2D eigenvalue weighted by molar-refractivity contribution is 5.94. The molecule has 0 atom stereocenters. The number of carbonyl (C=O) groups excluding carboxylic acids is 2. The SMILES string of the molecule is O=C1OC2(CCN(C(=O)CCc3ccc(OCc4ccccc4)cc3)CC2)c2ccccc21. The maximum atomic E-state index is 12.8. The highest BCUT2D eigenvalue weighted by Gasteiger charge is 2.47. The van der Waals surface area contributed by atoms with Crippen LogP contribution in [0.3, 0.4) is 0 Å². The first-order chi connectivity index (χ1) is 16.1. The molecule has 0 bridgehead atoms. The molecule has 5 rings (SSSR count). The molecule has 2 heterocycles. The topological polar surface area (TPSA) is 55.8 Å². The van der Waals surface area contributed by atoms with Crippen LogP contribution < -0.4 is 4.74 Å². The second-order valence-corrected chi connectivity index (χ2v) is 8.73. The van der Waals surface area contributed by atoms with Crippen molar-refractivity contribution in [3.05, 3.63) is 101 Å². The fraction of sp³-hybridized carbons (Fsp3) is 0.286. The molecule has 3 aromatic rings. The normalized spacial score (nSPS) is 16.4. The van der Waals surface area contributed by atoms with Gasteiger partial charge in [-0.3, -0.25) is 4.79 Å². The van der Waals surface area contributed by atoms with Gasteiger partial charge < -0.3 is 14.4 Å². The molecule has 1 spiro atoms. The number of hydrogen-bond donors (Lipinski definition) is 0. The molecule has 0 aromatic heterocycles. The minimum Gasteiger partial charge on any atom is -0.489 e. The predicted octanol–water partition coefficient (Wildman–Crippen LogP) is 4.89. The Morgan fingerprint density at radius 3 is 2.33 bits per heavy atom. The summed E-state index contributed by atoms with van der Waals surface area (Å²) in [6.07, 6.45) is 2.45. The van der Waals surface area contributed by atoms with Crippen molar-refractivity contribution in [3.63, 3.8) is 0 Å². The first-order valence-corrected chi connectivity index (χ1v) is 11.5. The molecule has 5 heteroatoms. The van der Waals surface area contributed by atoms with E-state index in [1.54, 1.807) is 0 Å². The first-order valence-electron chi connectivity index (χ1n) is 11.5. The number of ether oxygens (including phenoxy) is 2. The van der Waals surface area contributed by atoms with Crippen LogP contribution in [0.5, 0.6) is 5.75 Å². The Labute approximate surface area is 193 Å². The zero-order valence-electron chi connectivity index (χ0n) is 18.5. The summed E-state index contributed by atoms with van der Waals surface area (Å²) in [5, 5.41) is 0. The molecule has 0 aliphatic carbocycles. The molecular weight excluding hydrogens is 414 g/mol. The molecule has 0 radical (unpaired) electrons. The highest BCUT2D eigenvalue weighted by atomic mass is 16.6. The van der Waals surface area contributed by atoms with Crippen LogP contribution in [0.2, 0.25) is 0 Å². The Morgan fingerprint density at radius 2 is 1.58 bits per heavy atom. The molecule has 5 nitrogen and oxygen atoms in total. The van der Waals surface area contributed by atoms with Crippen LogP contribution >= 0.6 is 0 Å². The lowest BCUT2D eigenvalue weighted by Gasteiger charge is -2.38. The smallest absolute Gasteiger partial charge is 0.339 e. The number of piperidine rings is 1. The van der Waals surface area contributed by atoms with E-state index in [-0.39, 0.29) is 11.9 Å². The Kier molecular flexibility index (Phi) is 5.86. The van der Waals surface area contributed by atoms with Gasteiger partial charge in [0.25, 0.3) is 0 Å². The minimum atomic E-state index is -0.569. The lowest BCUT2D eigenvalue weighted by molar-refractivity contribution is -0.135. The minimum absolute atomic E-state index is 0.145. The molecule has 3 aromatic carbocycles. The van der Waals surface area contributed by atoms with Crippen molar-refractivity contribution >= 4 is 11.9 Å². The molecule has 2 aliphatic rings. The van der Waals surface area contributed by atoms with Crippen LogP contribution in [-0.2, 0) is 28.2 Å². The molecule has 2 aliphatic heterocycles. The molecule has 1 fully saturated rings. The van der Waals surface area contributed by atoms with Crippen LogP contribution in [0, 0.1) is 0 Å². The van der Waals surface area contributed by atoms with E-state index in [9.17, 15) is 9.59 Å². The maximum absolute atomic E-state index is 12.8. The van der Waals surface area contributed by atoms with E-state index in [1.165, 1.54) is 0 Å². The van der Waals surface area contributed by atoms with E-state index >= 15 is 0 Å². The lowest BCUT2D eigenvalue weighted by Crippen LogP contribution is -2.45. The van der Waals surface area contributed by atoms with Crippen LogP contribution in [0.25, 0.3) is 0 Å². The van der Waals surface area contributed by atoms with E-state index < -0.39 is 5.60 Å². The monoisotopic (exact) mass is 441 g/mol. The Bertz CT molecular complexity index is 1130. The van der Waals surface area contributed by atoms with E-state index in [1.807, 2.05) is 83.8 Å². The van der Waals surface area contributed by atoms with Crippen LogP contribution in [0.4, 0.5) is 0 Å². The van der Waals surface area contributed by atoms with Gasteiger partial charge in [-0.15, -0.1) is 0 Å². The molecule has 33 heavy (non-hydrogen) atoms. The molecule has 1 amide bonds. The predicted molar refractivity (Wildman–Crippen MR) is 125 cm³/mol. The number of nitrogens with zero attached hydrogens (tertiary/aromatic N) is 1. The number of carbonyl (C=O) groups is 2. The quantitative estimate of drug-likeness (QED) is 0.511. The van der Waals surface area contributed by atoms with Gasteiger partial charge in [0.2, 0.25) is 5.91 Å². The number of esters is 1. The number of fused-ring (bicyclic) bond motifs is 2. The third-order valence-electron chi connectivity index (χ3n) is 6.65. The number of amides is 1. The fourth-order valence-electron chi connectivity index (χ4n) is 4.74. The van der Waals surface area contributed by atoms with Gasteiger partial charge >= 0.3 is 5.97 Å². The van der Waals surface area contributed by atoms with Crippen molar-refractivity contribution in [1.82, 2.24) is 4.90 Å². The molecule has 0 unspecified atom stereocenters. The third-order valence-corrected chi connectivity index (χ3v) is 6.65. The number of rotatable bonds is 6. The van der Waals surface area contributed by atoms with Crippen LogP contribution in [0.15, 0.2) is 78.9 Å². The molecule has 0 saturated carbocycles. The number of hydrogen-bond acceptors (Lipinski definition) is 4. The van der Waals surface area contributed by atoms with Crippen molar-refractivity contribution in [3.8, 4) is 5.75 Å². The maximum Gasteiger partial charge on any atom is 0.339 e. The van der Waals surface area contributed by atoms with E-state index in [4.69, 9.17) is 9.47 Å². The molecule has 168 valence electrons. The molecule has 0 N–H and O–H groups in total. The second-order valence-electron chi connectivity index (χ2n) is 8.73. The standard InChI is InChI=1S/C28H27NO4/c30-26(15-12-21-10-13-23(14-11-21)32-20-22-6-2-1-3-7-22)29-18-16-28(17-19-29)25-9-5-4-8-24(25)27(31)33-28/h1-11,13-14H,12,15-20H2. The van der Waals surface area contributed by atoms with E-state index in [0.717, 1.165) is 22.4 Å². The summed E-state index contributed by atoms with van der Waals surface area (Å²) in [7, 11) is 0. The number of benzene rings is 3. The van der Waals surface area contributed by atoms with Crippen molar-refractivity contribution in [1.29, 1.82) is 0 Å². The largest absolute Gasteiger partial charge is 0.489 e. The Morgan fingerprint density at radius 1 is 0.879 bits per heavy atom. The van der Waals surface area contributed by atoms with Crippen LogP contribution in [0.1, 0.15) is 46.3 Å². The van der Waals surface area contributed by atoms with Gasteiger partial charge in [-0.2, -0.15) is 0 Å². The zero-order valence-corrected chi connectivity index (χ0v) is 18.5. The number of likely N-dealkylation sites (tertiary alicyclic amines) is 1. The fourth-order valence-corrected chi connectivity index (χ4v) is 4.74. The molecular formula is C28H27NO4. The summed E-state index contributed by atoms with van der Waals surface area (Å²) in [6.45, 7) is 1.74. The average Bonchev–Trinajstić information content (AvgIpc) is 3.14. The van der Waals surface area contributed by atoms with E-state index in [2.05, 4.69) is 0 Å². The third kappa shape index (κ3) is 4.49. The van der Waals surface area contributed by atoms with Crippen molar-refractivity contribution in [2.75, 3.05) is 13.1 Å². The molecule has 1 saturated heterocycles. The highest BCUT2D eigenvalue weighted by Crippen LogP contribution is 2.44. The lowest BCUT2D eigenvalue weighted by atomic mass is 9.83. The van der Waals surface area contributed by atoms with Gasteiger partial charge in [0.1, 0.15) is 18.0 Å².